The van der Waals surface area contributed by atoms with Gasteiger partial charge in [0.15, 0.2) is 0 Å². The molecule has 0 radical (unpaired) electrons. The highest BCUT2D eigenvalue weighted by Gasteiger charge is 2.20. The molecule has 0 unspecified atom stereocenters. The van der Waals surface area contributed by atoms with Crippen LogP contribution < -0.4 is 18.9 Å². The molecular formula is C34H34O7. The molecule has 0 amide bonds. The summed E-state index contributed by atoms with van der Waals surface area (Å²) in [5.74, 6) is -0.127. The van der Waals surface area contributed by atoms with Crippen molar-refractivity contribution in [3.05, 3.63) is 97.1 Å². The molecule has 0 heterocycles. The van der Waals surface area contributed by atoms with E-state index < -0.39 is 17.9 Å². The van der Waals surface area contributed by atoms with E-state index in [-0.39, 0.29) is 16.9 Å². The standard InChI is InChI=1S/C34H34O7/c1-8-9-18-38-29-19-26(24-10-14-27(15-11-24)39-32(35)21(2)3)20-30(41-34(37)23(6)7)31(29)25-12-16-28(17-13-25)40-33(36)22(4)5/h10-17,19-20H,2,4,6,8-9,18H2,1,3,5,7H3. The number of esters is 3. The van der Waals surface area contributed by atoms with E-state index in [2.05, 4.69) is 26.7 Å². The van der Waals surface area contributed by atoms with Gasteiger partial charge < -0.3 is 18.9 Å². The minimum absolute atomic E-state index is 0.237. The third-order valence-electron chi connectivity index (χ3n) is 5.82. The molecule has 0 N–H and O–H groups in total. The monoisotopic (exact) mass is 554 g/mol. The number of hydrogen-bond acceptors (Lipinski definition) is 7. The Morgan fingerprint density at radius 3 is 1.51 bits per heavy atom. The largest absolute Gasteiger partial charge is 0.493 e. The highest BCUT2D eigenvalue weighted by Crippen LogP contribution is 2.43. The fraction of sp³-hybridized carbons (Fsp3) is 0.206. The van der Waals surface area contributed by atoms with Crippen molar-refractivity contribution in [2.45, 2.75) is 40.5 Å². The van der Waals surface area contributed by atoms with Crippen LogP contribution in [0.15, 0.2) is 97.1 Å². The highest BCUT2D eigenvalue weighted by molar-refractivity contribution is 5.92. The molecule has 0 atom stereocenters. The van der Waals surface area contributed by atoms with Crippen LogP contribution in [-0.2, 0) is 14.4 Å². The minimum Gasteiger partial charge on any atom is -0.493 e. The molecule has 41 heavy (non-hydrogen) atoms. The smallest absolute Gasteiger partial charge is 0.338 e. The van der Waals surface area contributed by atoms with Crippen molar-refractivity contribution < 1.29 is 33.3 Å². The van der Waals surface area contributed by atoms with Crippen molar-refractivity contribution in [3.8, 4) is 45.3 Å². The van der Waals surface area contributed by atoms with Crippen LogP contribution >= 0.6 is 0 Å². The zero-order chi connectivity index (χ0) is 30.1. The Morgan fingerprint density at radius 2 is 1.05 bits per heavy atom. The van der Waals surface area contributed by atoms with Crippen molar-refractivity contribution in [1.82, 2.24) is 0 Å². The van der Waals surface area contributed by atoms with Crippen molar-refractivity contribution in [2.75, 3.05) is 6.61 Å². The van der Waals surface area contributed by atoms with Gasteiger partial charge in [0.25, 0.3) is 0 Å². The number of rotatable bonds is 12. The normalized spacial score (nSPS) is 10.3. The Hall–Kier alpha value is -4.91. The minimum atomic E-state index is -0.586. The third kappa shape index (κ3) is 8.29. The topological polar surface area (TPSA) is 88.1 Å². The lowest BCUT2D eigenvalue weighted by Gasteiger charge is -2.18. The molecule has 0 spiro atoms. The summed E-state index contributed by atoms with van der Waals surface area (Å²) >= 11 is 0. The highest BCUT2D eigenvalue weighted by atomic mass is 16.5. The van der Waals surface area contributed by atoms with Crippen molar-refractivity contribution in [3.63, 3.8) is 0 Å². The summed E-state index contributed by atoms with van der Waals surface area (Å²) in [6, 6.07) is 17.3. The maximum absolute atomic E-state index is 12.7. The molecule has 3 aromatic rings. The fourth-order valence-corrected chi connectivity index (χ4v) is 3.54. The van der Waals surface area contributed by atoms with Gasteiger partial charge in [0.1, 0.15) is 23.0 Å². The van der Waals surface area contributed by atoms with E-state index in [1.165, 1.54) is 0 Å². The van der Waals surface area contributed by atoms with Crippen molar-refractivity contribution in [1.29, 1.82) is 0 Å². The Bertz CT molecular complexity index is 1480. The molecule has 0 aliphatic rings. The van der Waals surface area contributed by atoms with Crippen LogP contribution in [0.4, 0.5) is 0 Å². The predicted molar refractivity (Wildman–Crippen MR) is 159 cm³/mol. The summed E-state index contributed by atoms with van der Waals surface area (Å²) in [4.78, 5) is 36.5. The van der Waals surface area contributed by atoms with Crippen LogP contribution in [0, 0.1) is 0 Å². The van der Waals surface area contributed by atoms with Gasteiger partial charge in [0.05, 0.1) is 12.2 Å². The molecule has 7 heteroatoms. The third-order valence-corrected chi connectivity index (χ3v) is 5.82. The SMILES string of the molecule is C=C(C)C(=O)Oc1ccc(-c2cc(OCCCC)c(-c3ccc(OC(=O)C(=C)C)cc3)c(OC(=O)C(=C)C)c2)cc1. The Labute approximate surface area is 240 Å². The van der Waals surface area contributed by atoms with E-state index in [1.54, 1.807) is 75.4 Å². The average Bonchev–Trinajstić information content (AvgIpc) is 2.93. The molecule has 0 aliphatic heterocycles. The number of ether oxygens (including phenoxy) is 4. The summed E-state index contributed by atoms with van der Waals surface area (Å²) in [6.07, 6.45) is 1.75. The van der Waals surface area contributed by atoms with Crippen LogP contribution in [0.1, 0.15) is 40.5 Å². The van der Waals surface area contributed by atoms with Gasteiger partial charge in [0.2, 0.25) is 0 Å². The van der Waals surface area contributed by atoms with E-state index in [1.807, 2.05) is 6.07 Å². The maximum atomic E-state index is 12.7. The number of carbonyl (C=O) groups is 3. The lowest BCUT2D eigenvalue weighted by Crippen LogP contribution is -2.10. The van der Waals surface area contributed by atoms with Crippen LogP contribution in [0.3, 0.4) is 0 Å². The van der Waals surface area contributed by atoms with E-state index in [0.717, 1.165) is 24.0 Å². The van der Waals surface area contributed by atoms with Gasteiger partial charge in [-0.2, -0.15) is 0 Å². The molecule has 0 aromatic heterocycles. The zero-order valence-electron chi connectivity index (χ0n) is 23.9. The van der Waals surface area contributed by atoms with Gasteiger partial charge in [-0.25, -0.2) is 14.4 Å². The summed E-state index contributed by atoms with van der Waals surface area (Å²) in [5.41, 5.74) is 3.56. The van der Waals surface area contributed by atoms with Gasteiger partial charge >= 0.3 is 17.9 Å². The number of benzene rings is 3. The molecular weight excluding hydrogens is 520 g/mol. The van der Waals surface area contributed by atoms with Crippen LogP contribution in [0.2, 0.25) is 0 Å². The van der Waals surface area contributed by atoms with Gasteiger partial charge in [-0.3, -0.25) is 0 Å². The average molecular weight is 555 g/mol. The molecule has 212 valence electrons. The second-order valence-electron chi connectivity index (χ2n) is 9.61. The lowest BCUT2D eigenvalue weighted by atomic mass is 9.97. The van der Waals surface area contributed by atoms with Crippen molar-refractivity contribution >= 4 is 17.9 Å². The van der Waals surface area contributed by atoms with Crippen LogP contribution in [0.25, 0.3) is 22.3 Å². The molecule has 0 saturated carbocycles. The summed E-state index contributed by atoms with van der Waals surface area (Å²) in [5, 5.41) is 0. The first-order chi connectivity index (χ1) is 19.5. The van der Waals surface area contributed by atoms with Gasteiger partial charge in [-0.15, -0.1) is 0 Å². The number of carbonyl (C=O) groups excluding carboxylic acids is 3. The first-order valence-corrected chi connectivity index (χ1v) is 13.1. The van der Waals surface area contributed by atoms with E-state index in [4.69, 9.17) is 18.9 Å². The Kier molecular flexibility index (Phi) is 10.4. The second-order valence-corrected chi connectivity index (χ2v) is 9.61. The lowest BCUT2D eigenvalue weighted by molar-refractivity contribution is -0.130. The molecule has 0 saturated heterocycles. The summed E-state index contributed by atoms with van der Waals surface area (Å²) in [6.45, 7) is 18.1. The van der Waals surface area contributed by atoms with Crippen LogP contribution in [-0.4, -0.2) is 24.5 Å². The van der Waals surface area contributed by atoms with Gasteiger partial charge in [-0.1, -0.05) is 57.3 Å². The molecule has 0 aliphatic carbocycles. The van der Waals surface area contributed by atoms with Gasteiger partial charge in [-0.05, 0) is 80.3 Å². The van der Waals surface area contributed by atoms with E-state index in [9.17, 15) is 14.4 Å². The number of hydrogen-bond donors (Lipinski definition) is 0. The van der Waals surface area contributed by atoms with Gasteiger partial charge in [0, 0.05) is 16.7 Å². The maximum Gasteiger partial charge on any atom is 0.338 e. The summed E-state index contributed by atoms with van der Waals surface area (Å²) in [7, 11) is 0. The van der Waals surface area contributed by atoms with E-state index in [0.29, 0.717) is 40.6 Å². The quantitative estimate of drug-likeness (QED) is 0.0983. The summed E-state index contributed by atoms with van der Waals surface area (Å²) < 4.78 is 22.6. The molecule has 7 nitrogen and oxygen atoms in total. The van der Waals surface area contributed by atoms with Crippen molar-refractivity contribution in [2.24, 2.45) is 0 Å². The van der Waals surface area contributed by atoms with Crippen LogP contribution in [0.5, 0.6) is 23.0 Å². The zero-order valence-corrected chi connectivity index (χ0v) is 23.9. The number of unbranched alkanes of at least 4 members (excludes halogenated alkanes) is 1. The molecule has 0 fully saturated rings. The van der Waals surface area contributed by atoms with E-state index >= 15 is 0 Å². The predicted octanol–water partition coefficient (Wildman–Crippen LogP) is 7.64. The first kappa shape index (κ1) is 30.6. The second kappa shape index (κ2) is 13.9. The molecule has 3 rings (SSSR count). The fourth-order valence-electron chi connectivity index (χ4n) is 3.54. The Balaban J connectivity index is 2.11. The molecule has 3 aromatic carbocycles. The Morgan fingerprint density at radius 1 is 0.610 bits per heavy atom. The first-order valence-electron chi connectivity index (χ1n) is 13.1. The molecule has 0 bridgehead atoms.